The van der Waals surface area contributed by atoms with E-state index in [2.05, 4.69) is 15.3 Å². The molecule has 22 heavy (non-hydrogen) atoms. The van der Waals surface area contributed by atoms with Gasteiger partial charge >= 0.3 is 0 Å². The average molecular weight is 301 g/mol. The van der Waals surface area contributed by atoms with Gasteiger partial charge in [-0.2, -0.15) is 0 Å². The number of aliphatic hydroxyl groups excluding tert-OH is 1. The summed E-state index contributed by atoms with van der Waals surface area (Å²) < 4.78 is 0. The van der Waals surface area contributed by atoms with E-state index in [1.54, 1.807) is 0 Å². The minimum Gasteiger partial charge on any atom is -0.395 e. The van der Waals surface area contributed by atoms with Gasteiger partial charge in [0.2, 0.25) is 5.95 Å². The van der Waals surface area contributed by atoms with Crippen LogP contribution in [0.25, 0.3) is 11.3 Å². The maximum absolute atomic E-state index is 11.6. The number of carbonyl (C=O) groups is 1. The van der Waals surface area contributed by atoms with E-state index in [-0.39, 0.29) is 12.2 Å². The topological polar surface area (TPSA) is 127 Å². The minimum atomic E-state index is -0.588. The molecule has 0 spiro atoms. The highest BCUT2D eigenvalue weighted by Crippen LogP contribution is 2.23. The number of primary amides is 1. The average Bonchev–Trinajstić information content (AvgIpc) is 2.52. The second kappa shape index (κ2) is 6.97. The molecule has 0 saturated carbocycles. The van der Waals surface area contributed by atoms with E-state index < -0.39 is 11.9 Å². The molecule has 0 bridgehead atoms. The van der Waals surface area contributed by atoms with Crippen molar-refractivity contribution in [3.8, 4) is 11.3 Å². The molecule has 7 nitrogen and oxygen atoms in total. The third kappa shape index (κ3) is 3.78. The molecular formula is C15H19N5O2. The summed E-state index contributed by atoms with van der Waals surface area (Å²) in [6.45, 7) is 2.13. The van der Waals surface area contributed by atoms with Crippen LogP contribution in [0.1, 0.15) is 15.9 Å². The summed E-state index contributed by atoms with van der Waals surface area (Å²) in [5, 5.41) is 11.9. The molecule has 0 saturated heterocycles. The van der Waals surface area contributed by atoms with Crippen molar-refractivity contribution in [1.82, 2.24) is 9.97 Å². The van der Waals surface area contributed by atoms with Gasteiger partial charge in [0, 0.05) is 24.3 Å². The largest absolute Gasteiger partial charge is 0.395 e. The summed E-state index contributed by atoms with van der Waals surface area (Å²) in [7, 11) is 0. The molecular weight excluding hydrogens is 282 g/mol. The molecule has 1 aromatic carbocycles. The summed E-state index contributed by atoms with van der Waals surface area (Å²) in [5.74, 6) is -0.263. The molecule has 1 amide bonds. The predicted octanol–water partition coefficient (Wildman–Crippen LogP) is 0.282. The highest BCUT2D eigenvalue weighted by Gasteiger charge is 2.14. The van der Waals surface area contributed by atoms with Gasteiger partial charge in [0.25, 0.3) is 5.91 Å². The highest BCUT2D eigenvalue weighted by atomic mass is 16.3. The molecule has 2 rings (SSSR count). The molecule has 116 valence electrons. The number of hydrogen-bond donors (Lipinski definition) is 4. The zero-order valence-electron chi connectivity index (χ0n) is 12.3. The smallest absolute Gasteiger partial charge is 0.252 e. The first-order valence-electron chi connectivity index (χ1n) is 6.85. The van der Waals surface area contributed by atoms with Gasteiger partial charge in [-0.3, -0.25) is 4.79 Å². The molecule has 1 aromatic heterocycles. The van der Waals surface area contributed by atoms with Crippen LogP contribution < -0.4 is 16.8 Å². The van der Waals surface area contributed by atoms with Crippen LogP contribution in [0.5, 0.6) is 0 Å². The molecule has 0 aliphatic rings. The van der Waals surface area contributed by atoms with E-state index in [9.17, 15) is 4.79 Å². The fourth-order valence-electron chi connectivity index (χ4n) is 1.95. The fourth-order valence-corrected chi connectivity index (χ4v) is 1.95. The number of nitrogens with one attached hydrogen (secondary N) is 1. The summed E-state index contributed by atoms with van der Waals surface area (Å²) in [6, 6.07) is 7.19. The quantitative estimate of drug-likeness (QED) is 0.607. The van der Waals surface area contributed by atoms with Crippen molar-refractivity contribution < 1.29 is 9.90 Å². The van der Waals surface area contributed by atoms with Gasteiger partial charge in [-0.25, -0.2) is 9.97 Å². The van der Waals surface area contributed by atoms with Crippen molar-refractivity contribution in [2.45, 2.75) is 13.0 Å². The number of aromatic nitrogens is 2. The highest BCUT2D eigenvalue weighted by molar-refractivity contribution is 5.98. The van der Waals surface area contributed by atoms with Crippen molar-refractivity contribution >= 4 is 11.9 Å². The van der Waals surface area contributed by atoms with E-state index >= 15 is 0 Å². The molecule has 6 N–H and O–H groups in total. The van der Waals surface area contributed by atoms with Crippen LogP contribution in [0.4, 0.5) is 5.95 Å². The fraction of sp³-hybridized carbons (Fsp3) is 0.267. The first kappa shape index (κ1) is 15.9. The van der Waals surface area contributed by atoms with Crippen molar-refractivity contribution in [3.63, 3.8) is 0 Å². The van der Waals surface area contributed by atoms with E-state index in [1.165, 1.54) is 6.20 Å². The number of benzene rings is 1. The number of hydrogen-bond acceptors (Lipinski definition) is 6. The lowest BCUT2D eigenvalue weighted by atomic mass is 10.0. The number of carbonyl (C=O) groups excluding carboxylic acids is 1. The van der Waals surface area contributed by atoms with E-state index in [1.807, 2.05) is 31.2 Å². The molecule has 0 radical (unpaired) electrons. The van der Waals surface area contributed by atoms with Gasteiger partial charge in [-0.15, -0.1) is 0 Å². The number of aryl methyl sites for hydroxylation is 1. The van der Waals surface area contributed by atoms with Crippen LogP contribution in [-0.4, -0.2) is 40.2 Å². The lowest BCUT2D eigenvalue weighted by Crippen LogP contribution is -2.33. The number of nitrogens with zero attached hydrogens (tertiary/aromatic N) is 2. The Hall–Kier alpha value is -2.51. The van der Waals surface area contributed by atoms with Crippen LogP contribution in [0.15, 0.2) is 30.5 Å². The van der Waals surface area contributed by atoms with Crippen LogP contribution in [0.2, 0.25) is 0 Å². The van der Waals surface area contributed by atoms with Crippen LogP contribution in [0.3, 0.4) is 0 Å². The van der Waals surface area contributed by atoms with Gasteiger partial charge in [-0.1, -0.05) is 23.8 Å². The Morgan fingerprint density at radius 1 is 1.45 bits per heavy atom. The Balaban J connectivity index is 2.38. The first-order valence-corrected chi connectivity index (χ1v) is 6.85. The number of nitrogens with two attached hydrogens (primary N) is 2. The van der Waals surface area contributed by atoms with Crippen LogP contribution in [-0.2, 0) is 0 Å². The molecule has 7 heteroatoms. The lowest BCUT2D eigenvalue weighted by molar-refractivity contribution is 0.100. The zero-order valence-corrected chi connectivity index (χ0v) is 12.3. The van der Waals surface area contributed by atoms with Crippen molar-refractivity contribution in [1.29, 1.82) is 0 Å². The first-order chi connectivity index (χ1) is 10.5. The van der Waals surface area contributed by atoms with Crippen molar-refractivity contribution in [3.05, 3.63) is 41.6 Å². The summed E-state index contributed by atoms with van der Waals surface area (Å²) >= 11 is 0. The third-order valence-corrected chi connectivity index (χ3v) is 3.10. The van der Waals surface area contributed by atoms with Crippen molar-refractivity contribution in [2.24, 2.45) is 11.5 Å². The van der Waals surface area contributed by atoms with E-state index in [4.69, 9.17) is 16.6 Å². The van der Waals surface area contributed by atoms with Crippen molar-refractivity contribution in [2.75, 3.05) is 18.5 Å². The van der Waals surface area contributed by atoms with E-state index in [0.29, 0.717) is 18.2 Å². The SMILES string of the molecule is Cc1cccc(-c2nc(NC[C@@H](N)CO)ncc2C(N)=O)c1. The van der Waals surface area contributed by atoms with Crippen LogP contribution in [0, 0.1) is 6.92 Å². The maximum Gasteiger partial charge on any atom is 0.252 e. The second-order valence-electron chi connectivity index (χ2n) is 5.01. The third-order valence-electron chi connectivity index (χ3n) is 3.10. The Morgan fingerprint density at radius 3 is 2.86 bits per heavy atom. The molecule has 0 unspecified atom stereocenters. The normalized spacial score (nSPS) is 12.0. The second-order valence-corrected chi connectivity index (χ2v) is 5.01. The zero-order chi connectivity index (χ0) is 16.1. The summed E-state index contributed by atoms with van der Waals surface area (Å²) in [4.78, 5) is 20.0. The Morgan fingerprint density at radius 2 is 2.23 bits per heavy atom. The van der Waals surface area contributed by atoms with Crippen LogP contribution >= 0.6 is 0 Å². The molecule has 1 atom stereocenters. The Bertz CT molecular complexity index is 675. The van der Waals surface area contributed by atoms with Gasteiger partial charge in [0.05, 0.1) is 17.9 Å². The lowest BCUT2D eigenvalue weighted by Gasteiger charge is -2.12. The molecule has 0 aliphatic heterocycles. The number of rotatable bonds is 6. The molecule has 0 aliphatic carbocycles. The predicted molar refractivity (Wildman–Crippen MR) is 84.3 cm³/mol. The standard InChI is InChI=1S/C15H19N5O2/c1-9-3-2-4-10(5-9)13-12(14(17)22)7-19-15(20-13)18-6-11(16)8-21/h2-5,7,11,21H,6,8,16H2,1H3,(H2,17,22)(H,18,19,20)/t11-/m1/s1. The van der Waals surface area contributed by atoms with Gasteiger partial charge in [0.15, 0.2) is 0 Å². The monoisotopic (exact) mass is 301 g/mol. The van der Waals surface area contributed by atoms with Gasteiger partial charge in [0.1, 0.15) is 0 Å². The maximum atomic E-state index is 11.6. The summed E-state index contributed by atoms with van der Waals surface area (Å²) in [6.07, 6.45) is 1.39. The molecule has 0 fully saturated rings. The number of amides is 1. The summed E-state index contributed by atoms with van der Waals surface area (Å²) in [5.41, 5.74) is 13.6. The van der Waals surface area contributed by atoms with Gasteiger partial charge < -0.3 is 21.9 Å². The Kier molecular flexibility index (Phi) is 5.03. The number of aliphatic hydroxyl groups is 1. The number of anilines is 1. The minimum absolute atomic E-state index is 0.142. The van der Waals surface area contributed by atoms with Gasteiger partial charge in [-0.05, 0) is 13.0 Å². The van der Waals surface area contributed by atoms with E-state index in [0.717, 1.165) is 11.1 Å². The Labute approximate surface area is 128 Å². The molecule has 1 heterocycles. The molecule has 2 aromatic rings.